The molecule has 0 aliphatic heterocycles. The van der Waals surface area contributed by atoms with Crippen LogP contribution in [-0.4, -0.2) is 11.1 Å². The summed E-state index contributed by atoms with van der Waals surface area (Å²) >= 11 is 0. The first kappa shape index (κ1) is 6.62. The highest BCUT2D eigenvalue weighted by Gasteiger charge is 2.23. The van der Waals surface area contributed by atoms with Crippen molar-refractivity contribution in [1.29, 1.82) is 0 Å². The quantitative estimate of drug-likeness (QED) is 0.520. The highest BCUT2D eigenvalue weighted by Crippen LogP contribution is 2.27. The van der Waals surface area contributed by atoms with E-state index in [1.807, 2.05) is 0 Å². The van der Waals surface area contributed by atoms with Gasteiger partial charge in [-0.2, -0.15) is 0 Å². The Hall–Kier alpha value is -0.500. The van der Waals surface area contributed by atoms with Crippen molar-refractivity contribution in [3.05, 3.63) is 12.3 Å². The van der Waals surface area contributed by atoms with E-state index in [0.29, 0.717) is 11.8 Å². The van der Waals surface area contributed by atoms with Gasteiger partial charge in [-0.15, -0.1) is 0 Å². The molecular weight excluding hydrogens is 114 g/mol. The summed E-state index contributed by atoms with van der Waals surface area (Å²) in [6, 6.07) is 0.291. The Bertz CT molecular complexity index is 122. The zero-order valence-electron chi connectivity index (χ0n) is 5.51. The number of aliphatic hydroxyl groups excluding tert-OH is 1. The number of allylic oxidation sites excluding steroid dienone is 1. The maximum atomic E-state index is 8.92. The Kier molecular flexibility index (Phi) is 1.76. The van der Waals surface area contributed by atoms with Gasteiger partial charge < -0.3 is 10.8 Å². The molecule has 0 radical (unpaired) electrons. The van der Waals surface area contributed by atoms with Crippen molar-refractivity contribution >= 4 is 0 Å². The molecule has 0 aromatic heterocycles. The molecule has 1 aliphatic carbocycles. The van der Waals surface area contributed by atoms with Crippen LogP contribution in [0.25, 0.3) is 0 Å². The van der Waals surface area contributed by atoms with E-state index in [1.165, 1.54) is 0 Å². The zero-order chi connectivity index (χ0) is 6.85. The van der Waals surface area contributed by atoms with Crippen LogP contribution in [0.4, 0.5) is 0 Å². The van der Waals surface area contributed by atoms with E-state index < -0.39 is 0 Å². The minimum absolute atomic E-state index is 0.278. The summed E-state index contributed by atoms with van der Waals surface area (Å²) in [5.74, 6) is 0.586. The van der Waals surface area contributed by atoms with E-state index in [0.717, 1.165) is 19.3 Å². The average molecular weight is 127 g/mol. The molecule has 1 saturated carbocycles. The predicted molar refractivity (Wildman–Crippen MR) is 37.1 cm³/mol. The first-order valence-corrected chi connectivity index (χ1v) is 3.33. The largest absolute Gasteiger partial charge is 0.513 e. The van der Waals surface area contributed by atoms with Crippen LogP contribution in [0.3, 0.4) is 0 Å². The van der Waals surface area contributed by atoms with Crippen molar-refractivity contribution < 1.29 is 5.11 Å². The van der Waals surface area contributed by atoms with Crippen LogP contribution in [0.5, 0.6) is 0 Å². The van der Waals surface area contributed by atoms with Crippen molar-refractivity contribution in [3.8, 4) is 0 Å². The molecule has 2 atom stereocenters. The summed E-state index contributed by atoms with van der Waals surface area (Å²) < 4.78 is 0. The van der Waals surface area contributed by atoms with Gasteiger partial charge >= 0.3 is 0 Å². The standard InChI is InChI=1S/C7H13NO/c1-5(9)6-2-3-7(8)4-6/h6-7,9H,1-4,8H2. The number of rotatable bonds is 1. The highest BCUT2D eigenvalue weighted by atomic mass is 16.3. The molecule has 0 amide bonds. The molecule has 1 rings (SSSR count). The van der Waals surface area contributed by atoms with Gasteiger partial charge in [0, 0.05) is 12.0 Å². The van der Waals surface area contributed by atoms with Crippen molar-refractivity contribution in [2.75, 3.05) is 0 Å². The van der Waals surface area contributed by atoms with Gasteiger partial charge in [0.25, 0.3) is 0 Å². The smallest absolute Gasteiger partial charge is 0.0882 e. The van der Waals surface area contributed by atoms with Crippen molar-refractivity contribution in [2.24, 2.45) is 11.7 Å². The van der Waals surface area contributed by atoms with Gasteiger partial charge in [-0.25, -0.2) is 0 Å². The first-order valence-electron chi connectivity index (χ1n) is 3.33. The van der Waals surface area contributed by atoms with E-state index in [1.54, 1.807) is 0 Å². The maximum absolute atomic E-state index is 8.92. The van der Waals surface area contributed by atoms with Crippen LogP contribution in [0.15, 0.2) is 12.3 Å². The van der Waals surface area contributed by atoms with Crippen molar-refractivity contribution in [3.63, 3.8) is 0 Å². The Morgan fingerprint density at radius 3 is 2.44 bits per heavy atom. The molecule has 0 bridgehead atoms. The molecule has 52 valence electrons. The van der Waals surface area contributed by atoms with Gasteiger partial charge in [-0.05, 0) is 19.3 Å². The van der Waals surface area contributed by atoms with Gasteiger partial charge in [-0.3, -0.25) is 0 Å². The number of aliphatic hydroxyl groups is 1. The fraction of sp³-hybridized carbons (Fsp3) is 0.714. The molecule has 2 unspecified atom stereocenters. The summed E-state index contributed by atoms with van der Waals surface area (Å²) in [5, 5.41) is 8.92. The fourth-order valence-corrected chi connectivity index (χ4v) is 1.32. The first-order chi connectivity index (χ1) is 4.20. The van der Waals surface area contributed by atoms with E-state index in [-0.39, 0.29) is 5.92 Å². The van der Waals surface area contributed by atoms with Gasteiger partial charge in [0.1, 0.15) is 0 Å². The van der Waals surface area contributed by atoms with Gasteiger partial charge in [0.05, 0.1) is 5.76 Å². The second kappa shape index (κ2) is 2.40. The third-order valence-electron chi connectivity index (χ3n) is 1.94. The molecule has 2 heteroatoms. The van der Waals surface area contributed by atoms with Gasteiger partial charge in [0.2, 0.25) is 0 Å². The SMILES string of the molecule is C=C(O)C1CCC(N)C1. The van der Waals surface area contributed by atoms with Crippen LogP contribution < -0.4 is 5.73 Å². The lowest BCUT2D eigenvalue weighted by Crippen LogP contribution is -2.15. The molecule has 9 heavy (non-hydrogen) atoms. The van der Waals surface area contributed by atoms with Crippen LogP contribution in [0, 0.1) is 5.92 Å². The van der Waals surface area contributed by atoms with Crippen LogP contribution in [0.1, 0.15) is 19.3 Å². The Morgan fingerprint density at radius 1 is 1.56 bits per heavy atom. The van der Waals surface area contributed by atoms with Crippen LogP contribution in [0.2, 0.25) is 0 Å². The molecule has 1 fully saturated rings. The minimum atomic E-state index is 0.278. The predicted octanol–water partition coefficient (Wildman–Crippen LogP) is 1.19. The molecule has 3 N–H and O–H groups in total. The Balaban J connectivity index is 2.39. The summed E-state index contributed by atoms with van der Waals surface area (Å²) in [5.41, 5.74) is 5.61. The second-order valence-electron chi connectivity index (χ2n) is 2.76. The third-order valence-corrected chi connectivity index (χ3v) is 1.94. The van der Waals surface area contributed by atoms with E-state index in [4.69, 9.17) is 10.8 Å². The highest BCUT2D eigenvalue weighted by molar-refractivity contribution is 4.94. The fourth-order valence-electron chi connectivity index (χ4n) is 1.32. The van der Waals surface area contributed by atoms with Crippen molar-refractivity contribution in [2.45, 2.75) is 25.3 Å². The van der Waals surface area contributed by atoms with Crippen molar-refractivity contribution in [1.82, 2.24) is 0 Å². The number of hydrogen-bond donors (Lipinski definition) is 2. The normalized spacial score (nSPS) is 34.8. The monoisotopic (exact) mass is 127 g/mol. The average Bonchev–Trinajstić information content (AvgIpc) is 2.14. The lowest BCUT2D eigenvalue weighted by atomic mass is 10.1. The summed E-state index contributed by atoms with van der Waals surface area (Å²) in [7, 11) is 0. The topological polar surface area (TPSA) is 46.2 Å². The molecule has 0 spiro atoms. The van der Waals surface area contributed by atoms with E-state index in [9.17, 15) is 0 Å². The minimum Gasteiger partial charge on any atom is -0.513 e. The molecule has 0 aromatic rings. The summed E-state index contributed by atoms with van der Waals surface area (Å²) in [4.78, 5) is 0. The number of hydrogen-bond acceptors (Lipinski definition) is 2. The molecule has 0 aromatic carbocycles. The third kappa shape index (κ3) is 1.45. The lowest BCUT2D eigenvalue weighted by molar-refractivity contribution is 0.333. The van der Waals surface area contributed by atoms with Crippen LogP contribution >= 0.6 is 0 Å². The zero-order valence-corrected chi connectivity index (χ0v) is 5.51. The van der Waals surface area contributed by atoms with E-state index >= 15 is 0 Å². The molecule has 1 aliphatic rings. The summed E-state index contributed by atoms with van der Waals surface area (Å²) in [6.45, 7) is 3.47. The second-order valence-corrected chi connectivity index (χ2v) is 2.76. The molecule has 2 nitrogen and oxygen atoms in total. The molecule has 0 heterocycles. The van der Waals surface area contributed by atoms with Gasteiger partial charge in [-0.1, -0.05) is 6.58 Å². The Morgan fingerprint density at radius 2 is 2.22 bits per heavy atom. The molecule has 0 saturated heterocycles. The van der Waals surface area contributed by atoms with E-state index in [2.05, 4.69) is 6.58 Å². The summed E-state index contributed by atoms with van der Waals surface area (Å²) in [6.07, 6.45) is 2.95. The maximum Gasteiger partial charge on any atom is 0.0882 e. The number of nitrogens with two attached hydrogens (primary N) is 1. The molecular formula is C7H13NO. The Labute approximate surface area is 55.4 Å². The lowest BCUT2D eigenvalue weighted by Gasteiger charge is -2.04. The van der Waals surface area contributed by atoms with Gasteiger partial charge in [0.15, 0.2) is 0 Å². The van der Waals surface area contributed by atoms with Crippen LogP contribution in [-0.2, 0) is 0 Å².